The zero-order valence-corrected chi connectivity index (χ0v) is 13.1. The van der Waals surface area contributed by atoms with Crippen molar-refractivity contribution in [1.82, 2.24) is 10.3 Å². The van der Waals surface area contributed by atoms with Gasteiger partial charge in [-0.2, -0.15) is 0 Å². The minimum atomic E-state index is -0.865. The first-order chi connectivity index (χ1) is 11.6. The summed E-state index contributed by atoms with van der Waals surface area (Å²) in [6.45, 7) is 2.08. The fraction of sp³-hybridized carbons (Fsp3) is 0.176. The van der Waals surface area contributed by atoms with Crippen LogP contribution in [0.15, 0.2) is 48.8 Å². The van der Waals surface area contributed by atoms with Crippen molar-refractivity contribution in [1.29, 1.82) is 0 Å². The number of carbonyl (C=O) groups is 3. The first kappa shape index (κ1) is 17.1. The molecule has 0 fully saturated rings. The molecule has 0 aliphatic carbocycles. The Bertz CT molecular complexity index is 732. The number of pyridine rings is 1. The summed E-state index contributed by atoms with van der Waals surface area (Å²) in [5.41, 5.74) is 1.18. The second-order valence-corrected chi connectivity index (χ2v) is 4.76. The number of carbonyl (C=O) groups excluding carboxylic acids is 3. The van der Waals surface area contributed by atoms with Crippen molar-refractivity contribution in [3.8, 4) is 0 Å². The molecule has 0 radical (unpaired) electrons. The standard InChI is InChI=1S/C17H17N3O4/c1-2-24-17(23)13-7-3-4-8-14(13)20-16(22)15(21)19-11-12-6-5-9-18-10-12/h3-10H,2,11H2,1H3,(H,19,21)(H,20,22). The smallest absolute Gasteiger partial charge is 0.340 e. The number of para-hydroxylation sites is 1. The second kappa shape index (κ2) is 8.42. The Labute approximate surface area is 139 Å². The number of benzene rings is 1. The highest BCUT2D eigenvalue weighted by Gasteiger charge is 2.18. The van der Waals surface area contributed by atoms with E-state index in [2.05, 4.69) is 15.6 Å². The zero-order chi connectivity index (χ0) is 17.4. The van der Waals surface area contributed by atoms with E-state index in [9.17, 15) is 14.4 Å². The fourth-order valence-electron chi connectivity index (χ4n) is 1.92. The lowest BCUT2D eigenvalue weighted by molar-refractivity contribution is -0.136. The molecule has 1 heterocycles. The summed E-state index contributed by atoms with van der Waals surface area (Å²) in [5.74, 6) is -2.24. The molecule has 1 aromatic carbocycles. The summed E-state index contributed by atoms with van der Waals surface area (Å²) >= 11 is 0. The van der Waals surface area contributed by atoms with Crippen molar-refractivity contribution in [2.75, 3.05) is 11.9 Å². The Kier molecular flexibility index (Phi) is 6.01. The van der Waals surface area contributed by atoms with Gasteiger partial charge in [0.1, 0.15) is 0 Å². The van der Waals surface area contributed by atoms with Gasteiger partial charge in [0.05, 0.1) is 17.9 Å². The number of nitrogens with zero attached hydrogens (tertiary/aromatic N) is 1. The highest BCUT2D eigenvalue weighted by atomic mass is 16.5. The van der Waals surface area contributed by atoms with Crippen molar-refractivity contribution in [3.05, 3.63) is 59.9 Å². The average Bonchev–Trinajstić information content (AvgIpc) is 2.61. The van der Waals surface area contributed by atoms with Gasteiger partial charge in [-0.05, 0) is 30.7 Å². The number of nitrogens with one attached hydrogen (secondary N) is 2. The van der Waals surface area contributed by atoms with Gasteiger partial charge in [0.15, 0.2) is 0 Å². The molecule has 0 spiro atoms. The number of hydrogen-bond donors (Lipinski definition) is 2. The maximum atomic E-state index is 12.0. The number of rotatable bonds is 5. The van der Waals surface area contributed by atoms with E-state index >= 15 is 0 Å². The van der Waals surface area contributed by atoms with Gasteiger partial charge in [-0.15, -0.1) is 0 Å². The predicted molar refractivity (Wildman–Crippen MR) is 87.1 cm³/mol. The van der Waals surface area contributed by atoms with E-state index in [4.69, 9.17) is 4.74 Å². The van der Waals surface area contributed by atoms with Gasteiger partial charge >= 0.3 is 17.8 Å². The Balaban J connectivity index is 1.99. The largest absolute Gasteiger partial charge is 0.462 e. The zero-order valence-electron chi connectivity index (χ0n) is 13.1. The molecule has 0 saturated carbocycles. The summed E-state index contributed by atoms with van der Waals surface area (Å²) in [4.78, 5) is 39.6. The molecule has 2 rings (SSSR count). The summed E-state index contributed by atoms with van der Waals surface area (Å²) in [6.07, 6.45) is 3.21. The maximum Gasteiger partial charge on any atom is 0.340 e. The van der Waals surface area contributed by atoms with E-state index in [1.165, 1.54) is 12.1 Å². The summed E-state index contributed by atoms with van der Waals surface area (Å²) in [5, 5.41) is 4.90. The third-order valence-electron chi connectivity index (χ3n) is 3.05. The van der Waals surface area contributed by atoms with Crippen LogP contribution in [0.2, 0.25) is 0 Å². The molecule has 0 aliphatic rings. The highest BCUT2D eigenvalue weighted by molar-refractivity contribution is 6.39. The first-order valence-electron chi connectivity index (χ1n) is 7.36. The quantitative estimate of drug-likeness (QED) is 0.641. The van der Waals surface area contributed by atoms with E-state index in [-0.39, 0.29) is 24.4 Å². The van der Waals surface area contributed by atoms with Crippen LogP contribution < -0.4 is 10.6 Å². The van der Waals surface area contributed by atoms with Gasteiger partial charge in [-0.1, -0.05) is 18.2 Å². The molecule has 7 heteroatoms. The van der Waals surface area contributed by atoms with Gasteiger partial charge < -0.3 is 15.4 Å². The van der Waals surface area contributed by atoms with Crippen LogP contribution in [0, 0.1) is 0 Å². The maximum absolute atomic E-state index is 12.0. The minimum absolute atomic E-state index is 0.180. The van der Waals surface area contributed by atoms with Crippen LogP contribution in [0.3, 0.4) is 0 Å². The molecule has 0 aliphatic heterocycles. The van der Waals surface area contributed by atoms with E-state index < -0.39 is 17.8 Å². The van der Waals surface area contributed by atoms with Gasteiger partial charge in [0.2, 0.25) is 0 Å². The lowest BCUT2D eigenvalue weighted by Crippen LogP contribution is -2.35. The number of anilines is 1. The van der Waals surface area contributed by atoms with Crippen LogP contribution in [0.25, 0.3) is 0 Å². The summed E-state index contributed by atoms with van der Waals surface area (Å²) in [6, 6.07) is 9.84. The molecule has 0 unspecified atom stereocenters. The van der Waals surface area contributed by atoms with Crippen LogP contribution in [-0.4, -0.2) is 29.4 Å². The minimum Gasteiger partial charge on any atom is -0.462 e. The van der Waals surface area contributed by atoms with Crippen LogP contribution in [0.4, 0.5) is 5.69 Å². The Morgan fingerprint density at radius 1 is 1.08 bits per heavy atom. The van der Waals surface area contributed by atoms with Crippen LogP contribution in [0.1, 0.15) is 22.8 Å². The van der Waals surface area contributed by atoms with E-state index in [0.717, 1.165) is 5.56 Å². The van der Waals surface area contributed by atoms with Crippen molar-refractivity contribution in [2.45, 2.75) is 13.5 Å². The molecular formula is C17H17N3O4. The molecule has 0 atom stereocenters. The van der Waals surface area contributed by atoms with Crippen LogP contribution in [-0.2, 0) is 20.9 Å². The molecule has 24 heavy (non-hydrogen) atoms. The van der Waals surface area contributed by atoms with Crippen LogP contribution >= 0.6 is 0 Å². The lowest BCUT2D eigenvalue weighted by atomic mass is 10.2. The molecule has 1 aromatic heterocycles. The third kappa shape index (κ3) is 4.64. The molecule has 7 nitrogen and oxygen atoms in total. The number of ether oxygens (including phenoxy) is 1. The van der Waals surface area contributed by atoms with Crippen molar-refractivity contribution in [2.24, 2.45) is 0 Å². The number of amides is 2. The van der Waals surface area contributed by atoms with Crippen molar-refractivity contribution < 1.29 is 19.1 Å². The van der Waals surface area contributed by atoms with Gasteiger partial charge in [0.25, 0.3) is 0 Å². The average molecular weight is 327 g/mol. The molecule has 2 aromatic rings. The molecule has 0 bridgehead atoms. The summed E-state index contributed by atoms with van der Waals surface area (Å²) < 4.78 is 4.92. The Morgan fingerprint density at radius 2 is 1.88 bits per heavy atom. The SMILES string of the molecule is CCOC(=O)c1ccccc1NC(=O)C(=O)NCc1cccnc1. The number of aromatic nitrogens is 1. The summed E-state index contributed by atoms with van der Waals surface area (Å²) in [7, 11) is 0. The second-order valence-electron chi connectivity index (χ2n) is 4.76. The first-order valence-corrected chi connectivity index (χ1v) is 7.36. The normalized spacial score (nSPS) is 9.88. The molecule has 0 saturated heterocycles. The van der Waals surface area contributed by atoms with Crippen LogP contribution in [0.5, 0.6) is 0 Å². The number of esters is 1. The number of hydrogen-bond acceptors (Lipinski definition) is 5. The molecule has 124 valence electrons. The van der Waals surface area contributed by atoms with Gasteiger partial charge in [-0.25, -0.2) is 4.79 Å². The van der Waals surface area contributed by atoms with Crippen molar-refractivity contribution in [3.63, 3.8) is 0 Å². The van der Waals surface area contributed by atoms with Crippen molar-refractivity contribution >= 4 is 23.5 Å². The Hall–Kier alpha value is -3.22. The monoisotopic (exact) mass is 327 g/mol. The van der Waals surface area contributed by atoms with E-state index in [0.29, 0.717) is 0 Å². The molecule has 2 amide bonds. The van der Waals surface area contributed by atoms with Gasteiger partial charge in [0, 0.05) is 18.9 Å². The fourth-order valence-corrected chi connectivity index (χ4v) is 1.92. The van der Waals surface area contributed by atoms with Gasteiger partial charge in [-0.3, -0.25) is 14.6 Å². The molecule has 2 N–H and O–H groups in total. The van der Waals surface area contributed by atoms with E-state index in [1.807, 2.05) is 0 Å². The van der Waals surface area contributed by atoms with E-state index in [1.54, 1.807) is 43.6 Å². The predicted octanol–water partition coefficient (Wildman–Crippen LogP) is 1.51. The lowest BCUT2D eigenvalue weighted by Gasteiger charge is -2.10. The topological polar surface area (TPSA) is 97.4 Å². The highest BCUT2D eigenvalue weighted by Crippen LogP contribution is 2.16. The third-order valence-corrected chi connectivity index (χ3v) is 3.05. The Morgan fingerprint density at radius 3 is 2.58 bits per heavy atom. The molecular weight excluding hydrogens is 310 g/mol.